The maximum atomic E-state index is 7.13. The molecule has 0 aromatic carbocycles. The third-order valence-corrected chi connectivity index (χ3v) is 4.87. The van der Waals surface area contributed by atoms with Gasteiger partial charge >= 0.3 is 102 Å². The molecule has 0 bridgehead atoms. The second kappa shape index (κ2) is 125. The van der Waals surface area contributed by atoms with Crippen molar-refractivity contribution in [2.24, 2.45) is 0 Å². The first kappa shape index (κ1) is 110. The summed E-state index contributed by atoms with van der Waals surface area (Å²) in [5.74, 6) is 0. The Labute approximate surface area is 480 Å². The van der Waals surface area contributed by atoms with Gasteiger partial charge in [-0.15, -0.1) is 0 Å². The van der Waals surface area contributed by atoms with E-state index in [1.807, 2.05) is 0 Å². The number of nitriles is 4. The molecule has 32 heteroatoms. The van der Waals surface area contributed by atoms with E-state index >= 15 is 0 Å². The molecule has 2 heterocycles. The van der Waals surface area contributed by atoms with Crippen LogP contribution in [0.15, 0.2) is 0 Å². The number of rotatable bonds is 0. The van der Waals surface area contributed by atoms with E-state index in [-0.39, 0.29) is 176 Å². The van der Waals surface area contributed by atoms with Crippen LogP contribution in [0.3, 0.4) is 0 Å². The molecule has 8 N–H and O–H groups in total. The van der Waals surface area contributed by atoms with Crippen LogP contribution in [-0.2, 0) is 252 Å². The number of ether oxygens (including phenoxy) is 8. The van der Waals surface area contributed by atoms with Crippen molar-refractivity contribution in [2.75, 3.05) is 158 Å². The molecule has 2 fully saturated rings. The van der Waals surface area contributed by atoms with E-state index in [9.17, 15) is 0 Å². The third kappa shape index (κ3) is 144. The Hall–Kier alpha value is 3.14. The Morgan fingerprint density at radius 3 is 0.467 bits per heavy atom. The summed E-state index contributed by atoms with van der Waals surface area (Å²) >= 11 is 14.8. The van der Waals surface area contributed by atoms with E-state index in [0.29, 0.717) is 106 Å². The average Bonchev–Trinajstić information content (AvgIpc) is 3.07. The molecule has 2 aliphatic heterocycles. The number of hydrogen-bond donors (Lipinski definition) is 4. The number of nitrogens with zero attached hydrogens (tertiary/aromatic N) is 4. The van der Waals surface area contributed by atoms with Gasteiger partial charge in [0.25, 0.3) is 0 Å². The molecule has 392 valence electrons. The summed E-state index contributed by atoms with van der Waals surface area (Å²) < 4.78 is 43.3. The minimum absolute atomic E-state index is 0. The van der Waals surface area contributed by atoms with Crippen molar-refractivity contribution in [1.29, 1.82) is 21.0 Å². The molecule has 0 atom stereocenters. The predicted octanol–water partition coefficient (Wildman–Crippen LogP) is -0.577. The summed E-state index contributed by atoms with van der Waals surface area (Å²) in [6, 6.07) is 0. The minimum atomic E-state index is 0. The van der Waals surface area contributed by atoms with Gasteiger partial charge in [0.2, 0.25) is 0 Å². The topological polar surface area (TPSA) is 284 Å². The largest absolute Gasteiger partial charge is 2.00 e. The molecule has 0 aromatic rings. The first-order valence-electron chi connectivity index (χ1n) is 15.2. The summed E-state index contributed by atoms with van der Waals surface area (Å²) in [6.07, 6.45) is 0. The third-order valence-electron chi connectivity index (χ3n) is 4.87. The van der Waals surface area contributed by atoms with Crippen LogP contribution in [0.25, 0.3) is 12.3 Å². The van der Waals surface area contributed by atoms with Crippen LogP contribution in [0.2, 0.25) is 0 Å². The van der Waals surface area contributed by atoms with E-state index in [0.717, 1.165) is 52.4 Å². The van der Waals surface area contributed by atoms with Crippen LogP contribution in [0.5, 0.6) is 0 Å². The fraction of sp³-hybridized carbons (Fsp3) is 0.857. The second-order valence-electron chi connectivity index (χ2n) is 8.26. The van der Waals surface area contributed by atoms with Crippen LogP contribution >= 0.6 is 0 Å². The van der Waals surface area contributed by atoms with Gasteiger partial charge in [-0.1, -0.05) is 21.6 Å². The van der Waals surface area contributed by atoms with Crippen LogP contribution in [0.4, 0.5) is 0 Å². The molecule has 18 nitrogen and oxygen atoms in total. The molecule has 4 radical (unpaired) electrons. The first-order valence-corrected chi connectivity index (χ1v) is 16.8. The molecule has 0 aliphatic carbocycles. The van der Waals surface area contributed by atoms with Gasteiger partial charge in [-0.2, -0.15) is 0 Å². The zero-order valence-corrected chi connectivity index (χ0v) is 44.7. The maximum Gasteiger partial charge on any atom is 2.00 e. The molecular formula is C28H58Cu8N10O8S6. The van der Waals surface area contributed by atoms with Gasteiger partial charge in [-0.3, -0.25) is 0 Å². The SMILES string of the molecule is C1COCCOCCNCCOCCOCCN1.C1COCCOCCNCCOCCOCCN1.N#C[S-].N#C[S-].N#C[S-].N#C[S-].[Cu+2].[Cu+2].[Cu+].[Cu+].[Cu+].[Cu+].[Cu].[Cu].[NH2-].[NH2-].[SH-].[SH-]. The minimum Gasteiger partial charge on any atom is -0.813 e. The van der Waals surface area contributed by atoms with Crippen LogP contribution in [0, 0.1) is 42.7 Å². The quantitative estimate of drug-likeness (QED) is 0.102. The number of thiol groups is 2. The van der Waals surface area contributed by atoms with Crippen molar-refractivity contribution in [2.45, 2.75) is 0 Å². The standard InChI is InChI=1S/2C12H26N2O4.4CHNS.8Cu.2H2N.2H2S/c2*1-5-15-9-10-17-7-3-14-4-8-18-12-11-16-6-2-13-1;4*2-1-3;;;;;;;;;;;;/h2*13-14H,1-12H2;4*3H;;;;;;;;;4*1H2/q;;;;;;;;4*+1;2*+2;2*-1;;/p-6. The van der Waals surface area contributed by atoms with E-state index in [4.69, 9.17) is 58.9 Å². The average molecular weight is 1360 g/mol. The van der Waals surface area contributed by atoms with Crippen LogP contribution in [0.1, 0.15) is 0 Å². The van der Waals surface area contributed by atoms with E-state index in [1.165, 1.54) is 21.6 Å². The molecule has 0 aromatic heterocycles. The number of nitrogens with one attached hydrogen (secondary N) is 4. The van der Waals surface area contributed by atoms with Crippen molar-refractivity contribution in [3.8, 4) is 21.6 Å². The van der Waals surface area contributed by atoms with Crippen molar-refractivity contribution < 1.29 is 174 Å². The summed E-state index contributed by atoms with van der Waals surface area (Å²) in [7, 11) is 0. The number of hydrogen-bond acceptors (Lipinski definition) is 22. The maximum absolute atomic E-state index is 7.13. The Morgan fingerprint density at radius 1 is 0.300 bits per heavy atom. The van der Waals surface area contributed by atoms with Crippen molar-refractivity contribution in [3.63, 3.8) is 0 Å². The van der Waals surface area contributed by atoms with Crippen LogP contribution < -0.4 is 21.3 Å². The predicted molar refractivity (Wildman–Crippen MR) is 218 cm³/mol. The van der Waals surface area contributed by atoms with E-state index in [2.05, 4.69) is 71.8 Å². The normalized spacial score (nSPS) is 14.9. The molecule has 0 spiro atoms. The summed E-state index contributed by atoms with van der Waals surface area (Å²) in [6.45, 7) is 17.7. The van der Waals surface area contributed by atoms with Gasteiger partial charge in [0, 0.05) is 86.5 Å². The summed E-state index contributed by atoms with van der Waals surface area (Å²) in [4.78, 5) is 0. The van der Waals surface area contributed by atoms with Crippen molar-refractivity contribution in [1.82, 2.24) is 21.3 Å². The molecule has 0 saturated carbocycles. The molecule has 60 heavy (non-hydrogen) atoms. The van der Waals surface area contributed by atoms with Crippen LogP contribution in [-0.4, -0.2) is 158 Å². The van der Waals surface area contributed by atoms with Gasteiger partial charge in [0.1, 0.15) is 0 Å². The molecule has 0 unspecified atom stereocenters. The molecule has 2 aliphatic rings. The van der Waals surface area contributed by atoms with Gasteiger partial charge in [0.15, 0.2) is 0 Å². The Kier molecular flexibility index (Phi) is 228. The molecular weight excluding hydrogens is 1310 g/mol. The number of thiocyanates is 4. The molecule has 0 amide bonds. The first-order chi connectivity index (χ1) is 23.7. The fourth-order valence-corrected chi connectivity index (χ4v) is 2.94. The monoisotopic (exact) mass is 1360 g/mol. The Balaban J connectivity index is -0.0000000313. The zero-order valence-electron chi connectivity index (χ0n) is 32.1. The van der Waals surface area contributed by atoms with E-state index in [1.54, 1.807) is 0 Å². The summed E-state index contributed by atoms with van der Waals surface area (Å²) in [5.41, 5.74) is 0. The van der Waals surface area contributed by atoms with Gasteiger partial charge < -0.3 is 149 Å². The smallest absolute Gasteiger partial charge is 0.813 e. The second-order valence-corrected chi connectivity index (χ2v) is 8.99. The molecule has 2 rings (SSSR count). The fourth-order valence-electron chi connectivity index (χ4n) is 2.94. The van der Waals surface area contributed by atoms with Gasteiger partial charge in [-0.05, 0) is 0 Å². The van der Waals surface area contributed by atoms with E-state index < -0.39 is 0 Å². The van der Waals surface area contributed by atoms with Crippen molar-refractivity contribution >= 4 is 77.5 Å². The zero-order chi connectivity index (χ0) is 36.3. The van der Waals surface area contributed by atoms with Gasteiger partial charge in [-0.25, -0.2) is 21.0 Å². The number of nitrogens with two attached hydrogens (primary N) is 2. The Morgan fingerprint density at radius 2 is 0.383 bits per heavy atom. The summed E-state index contributed by atoms with van der Waals surface area (Å²) in [5, 5.41) is 46.9. The van der Waals surface area contributed by atoms with Crippen molar-refractivity contribution in [3.05, 3.63) is 12.3 Å². The van der Waals surface area contributed by atoms with Gasteiger partial charge in [0.05, 0.1) is 106 Å². The molecule has 2 saturated heterocycles. The Bertz CT molecular complexity index is 560.